The SMILES string of the molecule is O=C(CC1CCCC1)Nc1cccc(S(=O)(=O)N2CCCCC2)c1. The Labute approximate surface area is 144 Å². The van der Waals surface area contributed by atoms with Crippen LogP contribution in [-0.4, -0.2) is 31.7 Å². The molecule has 1 heterocycles. The minimum absolute atomic E-state index is 0.0191. The van der Waals surface area contributed by atoms with Gasteiger partial charge < -0.3 is 5.32 Å². The Kier molecular flexibility index (Phi) is 5.56. The smallest absolute Gasteiger partial charge is 0.243 e. The third kappa shape index (κ3) is 4.16. The number of anilines is 1. The largest absolute Gasteiger partial charge is 0.326 e. The molecule has 0 unspecified atom stereocenters. The van der Waals surface area contributed by atoms with Crippen molar-refractivity contribution in [3.05, 3.63) is 24.3 Å². The summed E-state index contributed by atoms with van der Waals surface area (Å²) in [5, 5.41) is 2.86. The van der Waals surface area contributed by atoms with Crippen LogP contribution in [0.15, 0.2) is 29.2 Å². The number of piperidine rings is 1. The predicted molar refractivity (Wildman–Crippen MR) is 94.3 cm³/mol. The van der Waals surface area contributed by atoms with E-state index in [4.69, 9.17) is 0 Å². The van der Waals surface area contributed by atoms with Crippen molar-refractivity contribution in [3.8, 4) is 0 Å². The van der Waals surface area contributed by atoms with Gasteiger partial charge in [0.05, 0.1) is 4.90 Å². The molecule has 6 heteroatoms. The van der Waals surface area contributed by atoms with Crippen LogP contribution in [0.5, 0.6) is 0 Å². The highest BCUT2D eigenvalue weighted by Crippen LogP contribution is 2.28. The molecule has 24 heavy (non-hydrogen) atoms. The van der Waals surface area contributed by atoms with Crippen molar-refractivity contribution in [2.24, 2.45) is 5.92 Å². The van der Waals surface area contributed by atoms with E-state index in [-0.39, 0.29) is 10.8 Å². The van der Waals surface area contributed by atoms with Gasteiger partial charge in [-0.25, -0.2) is 8.42 Å². The molecule has 1 aliphatic carbocycles. The fourth-order valence-corrected chi connectivity index (χ4v) is 5.24. The van der Waals surface area contributed by atoms with Gasteiger partial charge in [0.25, 0.3) is 0 Å². The Bertz CT molecular complexity index is 675. The number of sulfonamides is 1. The van der Waals surface area contributed by atoms with Gasteiger partial charge in [-0.2, -0.15) is 4.31 Å². The van der Waals surface area contributed by atoms with Crippen LogP contribution in [-0.2, 0) is 14.8 Å². The first kappa shape index (κ1) is 17.4. The van der Waals surface area contributed by atoms with Gasteiger partial charge >= 0.3 is 0 Å². The van der Waals surface area contributed by atoms with Crippen LogP contribution in [0.25, 0.3) is 0 Å². The quantitative estimate of drug-likeness (QED) is 0.885. The fraction of sp³-hybridized carbons (Fsp3) is 0.611. The van der Waals surface area contributed by atoms with E-state index in [1.54, 1.807) is 28.6 Å². The molecule has 1 aliphatic heterocycles. The summed E-state index contributed by atoms with van der Waals surface area (Å²) in [5.74, 6) is 0.458. The molecular weight excluding hydrogens is 324 g/mol. The number of hydrogen-bond acceptors (Lipinski definition) is 3. The van der Waals surface area contributed by atoms with Gasteiger partial charge in [-0.3, -0.25) is 4.79 Å². The van der Waals surface area contributed by atoms with Gasteiger partial charge in [0.2, 0.25) is 15.9 Å². The highest BCUT2D eigenvalue weighted by molar-refractivity contribution is 7.89. The number of carbonyl (C=O) groups is 1. The molecule has 1 saturated heterocycles. The van der Waals surface area contributed by atoms with Gasteiger partial charge in [-0.05, 0) is 49.8 Å². The third-order valence-corrected chi connectivity index (χ3v) is 6.91. The molecule has 0 spiro atoms. The molecule has 2 aliphatic rings. The Morgan fingerprint density at radius 3 is 2.50 bits per heavy atom. The molecule has 3 rings (SSSR count). The lowest BCUT2D eigenvalue weighted by Crippen LogP contribution is -2.35. The van der Waals surface area contributed by atoms with Crippen LogP contribution < -0.4 is 5.32 Å². The number of nitrogens with one attached hydrogen (secondary N) is 1. The molecular formula is C18H26N2O3S. The van der Waals surface area contributed by atoms with Gasteiger partial charge in [-0.1, -0.05) is 25.3 Å². The molecule has 0 aromatic heterocycles. The average Bonchev–Trinajstić information content (AvgIpc) is 3.08. The van der Waals surface area contributed by atoms with Crippen molar-refractivity contribution >= 4 is 21.6 Å². The van der Waals surface area contributed by atoms with Crippen LogP contribution in [0.2, 0.25) is 0 Å². The molecule has 1 amide bonds. The van der Waals surface area contributed by atoms with Crippen LogP contribution in [0.1, 0.15) is 51.4 Å². The summed E-state index contributed by atoms with van der Waals surface area (Å²) >= 11 is 0. The zero-order valence-electron chi connectivity index (χ0n) is 14.0. The second kappa shape index (κ2) is 7.66. The van der Waals surface area contributed by atoms with Crippen LogP contribution in [0.3, 0.4) is 0 Å². The van der Waals surface area contributed by atoms with Gasteiger partial charge in [0.1, 0.15) is 0 Å². The Hall–Kier alpha value is -1.40. The topological polar surface area (TPSA) is 66.5 Å². The van der Waals surface area contributed by atoms with Crippen molar-refractivity contribution in [2.75, 3.05) is 18.4 Å². The summed E-state index contributed by atoms with van der Waals surface area (Å²) in [7, 11) is -3.46. The molecule has 1 N–H and O–H groups in total. The maximum Gasteiger partial charge on any atom is 0.243 e. The number of nitrogens with zero attached hydrogens (tertiary/aromatic N) is 1. The maximum absolute atomic E-state index is 12.7. The van der Waals surface area contributed by atoms with Gasteiger partial charge in [0, 0.05) is 25.2 Å². The van der Waals surface area contributed by atoms with E-state index in [0.717, 1.165) is 32.1 Å². The summed E-state index contributed by atoms with van der Waals surface area (Å²) in [6.45, 7) is 1.17. The number of rotatable bonds is 5. The summed E-state index contributed by atoms with van der Waals surface area (Å²) in [5.41, 5.74) is 0.566. The molecule has 5 nitrogen and oxygen atoms in total. The molecule has 0 bridgehead atoms. The third-order valence-electron chi connectivity index (χ3n) is 5.02. The van der Waals surface area contributed by atoms with Crippen molar-refractivity contribution < 1.29 is 13.2 Å². The van der Waals surface area contributed by atoms with Crippen molar-refractivity contribution in [1.29, 1.82) is 0 Å². The van der Waals surface area contributed by atoms with E-state index in [2.05, 4.69) is 5.32 Å². The number of hydrogen-bond donors (Lipinski definition) is 1. The van der Waals surface area contributed by atoms with Crippen molar-refractivity contribution in [1.82, 2.24) is 4.31 Å². The van der Waals surface area contributed by atoms with E-state index in [0.29, 0.717) is 31.1 Å². The van der Waals surface area contributed by atoms with Gasteiger partial charge in [-0.15, -0.1) is 0 Å². The lowest BCUT2D eigenvalue weighted by Gasteiger charge is -2.26. The number of carbonyl (C=O) groups excluding carboxylic acids is 1. The maximum atomic E-state index is 12.7. The van der Waals surface area contributed by atoms with E-state index in [1.807, 2.05) is 0 Å². The minimum atomic E-state index is -3.46. The lowest BCUT2D eigenvalue weighted by molar-refractivity contribution is -0.117. The Morgan fingerprint density at radius 2 is 1.79 bits per heavy atom. The molecule has 1 aromatic rings. The zero-order chi connectivity index (χ0) is 17.0. The molecule has 1 aromatic carbocycles. The normalized spacial score (nSPS) is 20.2. The Morgan fingerprint density at radius 1 is 1.08 bits per heavy atom. The van der Waals surface area contributed by atoms with E-state index in [1.165, 1.54) is 12.8 Å². The monoisotopic (exact) mass is 350 g/mol. The highest BCUT2D eigenvalue weighted by Gasteiger charge is 2.26. The summed E-state index contributed by atoms with van der Waals surface area (Å²) in [6.07, 6.45) is 8.11. The summed E-state index contributed by atoms with van der Waals surface area (Å²) in [4.78, 5) is 12.4. The Balaban J connectivity index is 1.67. The second-order valence-electron chi connectivity index (χ2n) is 6.90. The molecule has 1 saturated carbocycles. The van der Waals surface area contributed by atoms with Crippen LogP contribution >= 0.6 is 0 Å². The molecule has 132 valence electrons. The minimum Gasteiger partial charge on any atom is -0.326 e. The average molecular weight is 350 g/mol. The van der Waals surface area contributed by atoms with Crippen LogP contribution in [0.4, 0.5) is 5.69 Å². The number of benzene rings is 1. The molecule has 0 atom stereocenters. The first-order chi connectivity index (χ1) is 11.6. The number of amides is 1. The lowest BCUT2D eigenvalue weighted by atomic mass is 10.0. The second-order valence-corrected chi connectivity index (χ2v) is 8.83. The highest BCUT2D eigenvalue weighted by atomic mass is 32.2. The van der Waals surface area contributed by atoms with E-state index >= 15 is 0 Å². The summed E-state index contributed by atoms with van der Waals surface area (Å²) in [6, 6.07) is 6.64. The van der Waals surface area contributed by atoms with Crippen molar-refractivity contribution in [2.45, 2.75) is 56.3 Å². The molecule has 2 fully saturated rings. The van der Waals surface area contributed by atoms with E-state index < -0.39 is 10.0 Å². The first-order valence-corrected chi connectivity index (χ1v) is 10.4. The predicted octanol–water partition coefficient (Wildman–Crippen LogP) is 3.38. The van der Waals surface area contributed by atoms with E-state index in [9.17, 15) is 13.2 Å². The fourth-order valence-electron chi connectivity index (χ4n) is 3.68. The summed E-state index contributed by atoms with van der Waals surface area (Å²) < 4.78 is 27.0. The standard InChI is InChI=1S/C18H26N2O3S/c21-18(13-15-7-2-3-8-15)19-16-9-6-10-17(14-16)24(22,23)20-11-4-1-5-12-20/h6,9-10,14-15H,1-5,7-8,11-13H2,(H,19,21). The first-order valence-electron chi connectivity index (χ1n) is 8.96. The van der Waals surface area contributed by atoms with Crippen LogP contribution in [0, 0.1) is 5.92 Å². The zero-order valence-corrected chi connectivity index (χ0v) is 14.9. The molecule has 0 radical (unpaired) electrons. The van der Waals surface area contributed by atoms with Gasteiger partial charge in [0.15, 0.2) is 0 Å². The van der Waals surface area contributed by atoms with Crippen molar-refractivity contribution in [3.63, 3.8) is 0 Å².